The molecule has 0 aliphatic rings. The summed E-state index contributed by atoms with van der Waals surface area (Å²) < 4.78 is 26.9. The van der Waals surface area contributed by atoms with Crippen LogP contribution < -0.4 is 10.5 Å². The van der Waals surface area contributed by atoms with Crippen LogP contribution in [0.25, 0.3) is 0 Å². The molecular formula is C16H20N2O2S. The molecule has 3 N–H and O–H groups in total. The van der Waals surface area contributed by atoms with Gasteiger partial charge in [-0.1, -0.05) is 30.3 Å². The first-order chi connectivity index (χ1) is 9.76. The van der Waals surface area contributed by atoms with Crippen LogP contribution in [0.5, 0.6) is 0 Å². The van der Waals surface area contributed by atoms with Gasteiger partial charge in [0, 0.05) is 11.2 Å². The highest BCUT2D eigenvalue weighted by Crippen LogP contribution is 2.18. The van der Waals surface area contributed by atoms with Crippen LogP contribution in [-0.2, 0) is 16.4 Å². The summed E-state index contributed by atoms with van der Waals surface area (Å²) in [5.41, 5.74) is 7.30. The molecule has 0 bridgehead atoms. The Balaban J connectivity index is 2.14. The fourth-order valence-electron chi connectivity index (χ4n) is 2.03. The molecule has 112 valence electrons. The Kier molecular flexibility index (Phi) is 4.34. The van der Waals surface area contributed by atoms with Gasteiger partial charge < -0.3 is 5.73 Å². The Bertz CT molecular complexity index is 687. The Morgan fingerprint density at radius 2 is 1.57 bits per heavy atom. The summed E-state index contributed by atoms with van der Waals surface area (Å²) >= 11 is 0. The van der Waals surface area contributed by atoms with Crippen LogP contribution in [-0.4, -0.2) is 14.0 Å². The second-order valence-electron chi connectivity index (χ2n) is 5.78. The van der Waals surface area contributed by atoms with Crippen LogP contribution in [0.15, 0.2) is 59.5 Å². The van der Waals surface area contributed by atoms with E-state index in [1.54, 1.807) is 42.5 Å². The SMILES string of the molecule is CC(C)(N)Cc1ccc(NS(=O)(=O)c2ccccc2)cc1. The van der Waals surface area contributed by atoms with Crippen molar-refractivity contribution < 1.29 is 8.42 Å². The smallest absolute Gasteiger partial charge is 0.261 e. The predicted molar refractivity (Wildman–Crippen MR) is 85.7 cm³/mol. The van der Waals surface area contributed by atoms with Crippen LogP contribution in [0.1, 0.15) is 19.4 Å². The first kappa shape index (κ1) is 15.5. The van der Waals surface area contributed by atoms with E-state index in [0.29, 0.717) is 5.69 Å². The van der Waals surface area contributed by atoms with Gasteiger partial charge in [0.1, 0.15) is 0 Å². The number of sulfonamides is 1. The minimum Gasteiger partial charge on any atom is -0.325 e. The molecule has 2 aromatic carbocycles. The summed E-state index contributed by atoms with van der Waals surface area (Å²) in [6.07, 6.45) is 0.735. The fraction of sp³-hybridized carbons (Fsp3) is 0.250. The number of anilines is 1. The van der Waals surface area contributed by atoms with Gasteiger partial charge >= 0.3 is 0 Å². The van der Waals surface area contributed by atoms with Crippen LogP contribution in [0.2, 0.25) is 0 Å². The summed E-state index contributed by atoms with van der Waals surface area (Å²) in [6.45, 7) is 3.91. The van der Waals surface area contributed by atoms with Crippen molar-refractivity contribution in [1.82, 2.24) is 0 Å². The highest BCUT2D eigenvalue weighted by atomic mass is 32.2. The molecule has 0 amide bonds. The fourth-order valence-corrected chi connectivity index (χ4v) is 3.11. The van der Waals surface area contributed by atoms with Crippen molar-refractivity contribution in [3.8, 4) is 0 Å². The third kappa shape index (κ3) is 4.58. The number of nitrogens with one attached hydrogen (secondary N) is 1. The van der Waals surface area contributed by atoms with Crippen molar-refractivity contribution >= 4 is 15.7 Å². The molecule has 2 aromatic rings. The van der Waals surface area contributed by atoms with E-state index >= 15 is 0 Å². The van der Waals surface area contributed by atoms with Crippen LogP contribution >= 0.6 is 0 Å². The van der Waals surface area contributed by atoms with E-state index in [1.165, 1.54) is 0 Å². The first-order valence-corrected chi connectivity index (χ1v) is 8.20. The van der Waals surface area contributed by atoms with Gasteiger partial charge in [-0.15, -0.1) is 0 Å². The Labute approximate surface area is 126 Å². The molecule has 0 radical (unpaired) electrons. The van der Waals surface area contributed by atoms with Gasteiger partial charge in [0.2, 0.25) is 0 Å². The first-order valence-electron chi connectivity index (χ1n) is 6.72. The van der Waals surface area contributed by atoms with Gasteiger partial charge in [-0.3, -0.25) is 4.72 Å². The maximum absolute atomic E-state index is 12.2. The summed E-state index contributed by atoms with van der Waals surface area (Å²) in [5, 5.41) is 0. The molecule has 0 saturated heterocycles. The molecule has 0 aromatic heterocycles. The van der Waals surface area contributed by atoms with Crippen LogP contribution in [0.3, 0.4) is 0 Å². The van der Waals surface area contributed by atoms with Gasteiger partial charge in [-0.05, 0) is 50.1 Å². The Hall–Kier alpha value is -1.85. The lowest BCUT2D eigenvalue weighted by Gasteiger charge is -2.18. The largest absolute Gasteiger partial charge is 0.325 e. The summed E-state index contributed by atoms with van der Waals surface area (Å²) in [5.74, 6) is 0. The molecule has 21 heavy (non-hydrogen) atoms. The number of rotatable bonds is 5. The quantitative estimate of drug-likeness (QED) is 0.892. The molecular weight excluding hydrogens is 284 g/mol. The maximum atomic E-state index is 12.2. The Morgan fingerprint density at radius 3 is 2.10 bits per heavy atom. The lowest BCUT2D eigenvalue weighted by atomic mass is 9.96. The second kappa shape index (κ2) is 5.87. The third-order valence-electron chi connectivity index (χ3n) is 2.92. The molecule has 0 saturated carbocycles. The zero-order valence-electron chi connectivity index (χ0n) is 12.2. The molecule has 0 unspecified atom stereocenters. The predicted octanol–water partition coefficient (Wildman–Crippen LogP) is 2.77. The van der Waals surface area contributed by atoms with Gasteiger partial charge in [0.05, 0.1) is 4.90 Å². The molecule has 0 heterocycles. The van der Waals surface area contributed by atoms with Crippen molar-refractivity contribution in [1.29, 1.82) is 0 Å². The standard InChI is InChI=1S/C16H20N2O2S/c1-16(2,17)12-13-8-10-14(11-9-13)18-21(19,20)15-6-4-3-5-7-15/h3-11,18H,12,17H2,1-2H3. The molecule has 0 fully saturated rings. The zero-order valence-corrected chi connectivity index (χ0v) is 13.0. The third-order valence-corrected chi connectivity index (χ3v) is 4.32. The average molecular weight is 304 g/mol. The molecule has 2 rings (SSSR count). The highest BCUT2D eigenvalue weighted by molar-refractivity contribution is 7.92. The van der Waals surface area contributed by atoms with Crippen molar-refractivity contribution in [2.75, 3.05) is 4.72 Å². The van der Waals surface area contributed by atoms with Crippen LogP contribution in [0, 0.1) is 0 Å². The number of nitrogens with two attached hydrogens (primary N) is 1. The van der Waals surface area contributed by atoms with E-state index in [2.05, 4.69) is 4.72 Å². The molecule has 0 spiro atoms. The van der Waals surface area contributed by atoms with E-state index in [9.17, 15) is 8.42 Å². The van der Waals surface area contributed by atoms with Gasteiger partial charge in [0.25, 0.3) is 10.0 Å². The number of benzene rings is 2. The summed E-state index contributed by atoms with van der Waals surface area (Å²) in [6, 6.07) is 15.6. The molecule has 5 heteroatoms. The minimum absolute atomic E-state index is 0.247. The van der Waals surface area contributed by atoms with Crippen molar-refractivity contribution in [3.05, 3.63) is 60.2 Å². The average Bonchev–Trinajstić information content (AvgIpc) is 2.40. The normalized spacial score (nSPS) is 12.1. The van der Waals surface area contributed by atoms with E-state index in [-0.39, 0.29) is 10.4 Å². The van der Waals surface area contributed by atoms with Gasteiger partial charge in [-0.25, -0.2) is 8.42 Å². The number of hydrogen-bond acceptors (Lipinski definition) is 3. The van der Waals surface area contributed by atoms with E-state index in [0.717, 1.165) is 12.0 Å². The van der Waals surface area contributed by atoms with Gasteiger partial charge in [0.15, 0.2) is 0 Å². The van der Waals surface area contributed by atoms with E-state index in [1.807, 2.05) is 26.0 Å². The van der Waals surface area contributed by atoms with Crippen molar-refractivity contribution in [2.24, 2.45) is 5.73 Å². The monoisotopic (exact) mass is 304 g/mol. The van der Waals surface area contributed by atoms with E-state index < -0.39 is 10.0 Å². The molecule has 4 nitrogen and oxygen atoms in total. The minimum atomic E-state index is -3.54. The maximum Gasteiger partial charge on any atom is 0.261 e. The summed E-state index contributed by atoms with van der Waals surface area (Å²) in [4.78, 5) is 0.247. The van der Waals surface area contributed by atoms with Crippen molar-refractivity contribution in [3.63, 3.8) is 0 Å². The topological polar surface area (TPSA) is 72.2 Å². The molecule has 0 aliphatic heterocycles. The lowest BCUT2D eigenvalue weighted by molar-refractivity contribution is 0.517. The molecule has 0 atom stereocenters. The van der Waals surface area contributed by atoms with Crippen LogP contribution in [0.4, 0.5) is 5.69 Å². The van der Waals surface area contributed by atoms with Gasteiger partial charge in [-0.2, -0.15) is 0 Å². The number of hydrogen-bond donors (Lipinski definition) is 2. The zero-order chi connectivity index (χ0) is 15.5. The van der Waals surface area contributed by atoms with E-state index in [4.69, 9.17) is 5.73 Å². The Morgan fingerprint density at radius 1 is 1.00 bits per heavy atom. The van der Waals surface area contributed by atoms with Crippen molar-refractivity contribution in [2.45, 2.75) is 30.7 Å². The lowest BCUT2D eigenvalue weighted by Crippen LogP contribution is -2.34. The highest BCUT2D eigenvalue weighted by Gasteiger charge is 2.14. The summed E-state index contributed by atoms with van der Waals surface area (Å²) in [7, 11) is -3.54. The second-order valence-corrected chi connectivity index (χ2v) is 7.46. The molecule has 0 aliphatic carbocycles.